The Kier molecular flexibility index (Phi) is 5.44. The zero-order chi connectivity index (χ0) is 12.9. The van der Waals surface area contributed by atoms with Gasteiger partial charge < -0.3 is 9.30 Å². The summed E-state index contributed by atoms with van der Waals surface area (Å²) in [6.45, 7) is -0.904. The molecule has 0 spiro atoms. The topological polar surface area (TPSA) is 31.2 Å². The highest BCUT2D eigenvalue weighted by Gasteiger charge is 2.27. The molecule has 0 aliphatic rings. The molecule has 0 fully saturated rings. The molecule has 0 aliphatic carbocycles. The summed E-state index contributed by atoms with van der Waals surface area (Å²) in [6.07, 6.45) is -2.26. The maximum Gasteiger partial charge on any atom is 0.411 e. The lowest BCUT2D eigenvalue weighted by atomic mass is 10.4. The van der Waals surface area contributed by atoms with Gasteiger partial charge in [-0.1, -0.05) is 0 Å². The van der Waals surface area contributed by atoms with E-state index < -0.39 is 12.8 Å². The number of pyridine rings is 1. The van der Waals surface area contributed by atoms with Crippen LogP contribution in [-0.4, -0.2) is 24.0 Å². The Hall–Kier alpha value is -0.570. The highest BCUT2D eigenvalue weighted by Crippen LogP contribution is 2.14. The van der Waals surface area contributed by atoms with Gasteiger partial charge in [0, 0.05) is 29.0 Å². The second-order valence-corrected chi connectivity index (χ2v) is 4.65. The summed E-state index contributed by atoms with van der Waals surface area (Å²) in [7, 11) is 0. The first-order valence-corrected chi connectivity index (χ1v) is 5.97. The molecule has 0 N–H and O–H groups in total. The first-order chi connectivity index (χ1) is 7.88. The van der Waals surface area contributed by atoms with Crippen LogP contribution >= 0.6 is 22.6 Å². The highest BCUT2D eigenvalue weighted by molar-refractivity contribution is 14.1. The molecule has 1 heterocycles. The zero-order valence-electron chi connectivity index (χ0n) is 8.84. The van der Waals surface area contributed by atoms with Crippen LogP contribution in [0.5, 0.6) is 0 Å². The third-order valence-corrected chi connectivity index (χ3v) is 2.54. The van der Waals surface area contributed by atoms with Crippen molar-refractivity contribution in [2.75, 3.05) is 13.2 Å². The van der Waals surface area contributed by atoms with E-state index in [4.69, 9.17) is 0 Å². The van der Waals surface area contributed by atoms with Gasteiger partial charge in [0.2, 0.25) is 0 Å². The van der Waals surface area contributed by atoms with Crippen LogP contribution in [-0.2, 0) is 11.3 Å². The molecule has 0 bridgehead atoms. The monoisotopic (exact) mass is 361 g/mol. The van der Waals surface area contributed by atoms with Crippen molar-refractivity contribution < 1.29 is 17.9 Å². The summed E-state index contributed by atoms with van der Waals surface area (Å²) in [4.78, 5) is 11.3. The van der Waals surface area contributed by atoms with Crippen molar-refractivity contribution in [3.63, 3.8) is 0 Å². The van der Waals surface area contributed by atoms with E-state index in [0.29, 0.717) is 13.0 Å². The van der Waals surface area contributed by atoms with E-state index in [2.05, 4.69) is 27.3 Å². The smallest absolute Gasteiger partial charge is 0.372 e. The molecule has 3 nitrogen and oxygen atoms in total. The van der Waals surface area contributed by atoms with E-state index in [1.165, 1.54) is 10.6 Å². The number of hydrogen-bond donors (Lipinski definition) is 0. The predicted octanol–water partition coefficient (Wildman–Crippen LogP) is 2.42. The van der Waals surface area contributed by atoms with Crippen molar-refractivity contribution in [1.29, 1.82) is 0 Å². The standard InChI is InChI=1S/C10H11F3INO2/c11-10(12,13)7-17-5-1-4-15-6-8(14)2-3-9(15)16/h2-3,6H,1,4-5,7H2. The van der Waals surface area contributed by atoms with Crippen molar-refractivity contribution in [3.8, 4) is 0 Å². The molecular weight excluding hydrogens is 350 g/mol. The molecule has 0 atom stereocenters. The van der Waals surface area contributed by atoms with E-state index in [1.54, 1.807) is 12.3 Å². The van der Waals surface area contributed by atoms with Gasteiger partial charge in [-0.25, -0.2) is 0 Å². The quantitative estimate of drug-likeness (QED) is 0.596. The number of aryl methyl sites for hydroxylation is 1. The van der Waals surface area contributed by atoms with Gasteiger partial charge in [0.1, 0.15) is 6.61 Å². The number of alkyl halides is 3. The minimum atomic E-state index is -4.29. The van der Waals surface area contributed by atoms with E-state index >= 15 is 0 Å². The third kappa shape index (κ3) is 6.06. The van der Waals surface area contributed by atoms with E-state index in [0.717, 1.165) is 3.57 Å². The summed E-state index contributed by atoms with van der Waals surface area (Å²) < 4.78 is 42.0. The summed E-state index contributed by atoms with van der Waals surface area (Å²) >= 11 is 2.06. The van der Waals surface area contributed by atoms with Crippen molar-refractivity contribution >= 4 is 22.6 Å². The Labute approximate surface area is 110 Å². The molecule has 1 aromatic heterocycles. The van der Waals surface area contributed by atoms with Gasteiger partial charge >= 0.3 is 6.18 Å². The molecule has 7 heteroatoms. The van der Waals surface area contributed by atoms with Crippen LogP contribution in [0.4, 0.5) is 13.2 Å². The van der Waals surface area contributed by atoms with Crippen LogP contribution in [0.1, 0.15) is 6.42 Å². The Morgan fingerprint density at radius 2 is 2.06 bits per heavy atom. The molecule has 0 saturated heterocycles. The molecule has 96 valence electrons. The first-order valence-electron chi connectivity index (χ1n) is 4.89. The fourth-order valence-corrected chi connectivity index (χ4v) is 1.72. The molecule has 0 amide bonds. The number of nitrogens with zero attached hydrogens (tertiary/aromatic N) is 1. The van der Waals surface area contributed by atoms with Gasteiger partial charge in [-0.2, -0.15) is 13.2 Å². The second kappa shape index (κ2) is 6.39. The van der Waals surface area contributed by atoms with Crippen molar-refractivity contribution in [1.82, 2.24) is 4.57 Å². The van der Waals surface area contributed by atoms with Gasteiger partial charge in [0.05, 0.1) is 0 Å². The number of rotatable bonds is 5. The largest absolute Gasteiger partial charge is 0.411 e. The fourth-order valence-electron chi connectivity index (χ4n) is 1.20. The molecule has 0 aliphatic heterocycles. The molecule has 0 unspecified atom stereocenters. The van der Waals surface area contributed by atoms with Crippen LogP contribution in [0.25, 0.3) is 0 Å². The van der Waals surface area contributed by atoms with Gasteiger partial charge in [0.25, 0.3) is 5.56 Å². The van der Waals surface area contributed by atoms with Crippen molar-refractivity contribution in [3.05, 3.63) is 32.3 Å². The number of hydrogen-bond acceptors (Lipinski definition) is 2. The van der Waals surface area contributed by atoms with Gasteiger partial charge in [-0.05, 0) is 35.1 Å². The SMILES string of the molecule is O=c1ccc(I)cn1CCCOCC(F)(F)F. The lowest BCUT2D eigenvalue weighted by molar-refractivity contribution is -0.174. The summed E-state index contributed by atoms with van der Waals surface area (Å²) in [5, 5.41) is 0. The molecule has 0 saturated carbocycles. The Balaban J connectivity index is 2.32. The van der Waals surface area contributed by atoms with E-state index in [-0.39, 0.29) is 12.2 Å². The van der Waals surface area contributed by atoms with Gasteiger partial charge in [-0.15, -0.1) is 0 Å². The number of aromatic nitrogens is 1. The second-order valence-electron chi connectivity index (χ2n) is 3.40. The molecule has 17 heavy (non-hydrogen) atoms. The maximum absolute atomic E-state index is 11.7. The van der Waals surface area contributed by atoms with Crippen LogP contribution in [0.3, 0.4) is 0 Å². The predicted molar refractivity (Wildman–Crippen MR) is 64.9 cm³/mol. The summed E-state index contributed by atoms with van der Waals surface area (Å²) in [5.74, 6) is 0. The lowest BCUT2D eigenvalue weighted by Crippen LogP contribution is -2.21. The van der Waals surface area contributed by atoms with Crippen LogP contribution in [0, 0.1) is 3.57 Å². The summed E-state index contributed by atoms with van der Waals surface area (Å²) in [6, 6.07) is 3.11. The lowest BCUT2D eigenvalue weighted by Gasteiger charge is -2.08. The average Bonchev–Trinajstić information content (AvgIpc) is 2.21. The normalized spacial score (nSPS) is 11.8. The molecule has 1 aromatic rings. The minimum absolute atomic E-state index is 0.0164. The molecule has 0 radical (unpaired) electrons. The van der Waals surface area contributed by atoms with Crippen LogP contribution in [0.15, 0.2) is 23.1 Å². The number of ether oxygens (including phenoxy) is 1. The van der Waals surface area contributed by atoms with Gasteiger partial charge in [0.15, 0.2) is 0 Å². The number of halogens is 4. The molecular formula is C10H11F3INO2. The fraction of sp³-hybridized carbons (Fsp3) is 0.500. The molecule has 1 rings (SSSR count). The van der Waals surface area contributed by atoms with Crippen molar-refractivity contribution in [2.45, 2.75) is 19.1 Å². The first kappa shape index (κ1) is 14.5. The zero-order valence-corrected chi connectivity index (χ0v) is 11.0. The Morgan fingerprint density at radius 1 is 1.35 bits per heavy atom. The third-order valence-electron chi connectivity index (χ3n) is 1.90. The van der Waals surface area contributed by atoms with Crippen molar-refractivity contribution in [2.24, 2.45) is 0 Å². The van der Waals surface area contributed by atoms with Gasteiger partial charge in [-0.3, -0.25) is 4.79 Å². The average molecular weight is 361 g/mol. The molecule has 0 aromatic carbocycles. The summed E-state index contributed by atoms with van der Waals surface area (Å²) in [5.41, 5.74) is -0.166. The van der Waals surface area contributed by atoms with E-state index in [9.17, 15) is 18.0 Å². The highest BCUT2D eigenvalue weighted by atomic mass is 127. The Morgan fingerprint density at radius 3 is 2.71 bits per heavy atom. The maximum atomic E-state index is 11.7. The Bertz CT molecular complexity index is 417. The van der Waals surface area contributed by atoms with Crippen LogP contribution < -0.4 is 5.56 Å². The van der Waals surface area contributed by atoms with E-state index in [1.807, 2.05) is 0 Å². The van der Waals surface area contributed by atoms with Crippen LogP contribution in [0.2, 0.25) is 0 Å². The minimum Gasteiger partial charge on any atom is -0.372 e.